The van der Waals surface area contributed by atoms with E-state index < -0.39 is 0 Å². The van der Waals surface area contributed by atoms with Gasteiger partial charge in [-0.05, 0) is 12.5 Å². The molecule has 0 spiro atoms. The number of benzene rings is 1. The maximum Gasteiger partial charge on any atom is 0.224 e. The summed E-state index contributed by atoms with van der Waals surface area (Å²) >= 11 is 0. The number of rotatable bonds is 5. The lowest BCUT2D eigenvalue weighted by Crippen LogP contribution is -2.42. The first-order valence-corrected chi connectivity index (χ1v) is 8.41. The van der Waals surface area contributed by atoms with Crippen LogP contribution in [-0.2, 0) is 24.2 Å². The standard InChI is InChI=1S/C18H24N4O2/c1-12(2)18-21-20-16-9-8-14(11-22(16)18)19-17(23)10-13-6-4-5-7-15(13)24-3/h4-7,12,14H,8-11H2,1-3H3,(H,19,23)/t14-/m1/s1. The second kappa shape index (κ2) is 7.03. The highest BCUT2D eigenvalue weighted by atomic mass is 16.5. The van der Waals surface area contributed by atoms with Gasteiger partial charge in [0.15, 0.2) is 0 Å². The summed E-state index contributed by atoms with van der Waals surface area (Å²) in [5, 5.41) is 11.7. The number of carbonyl (C=O) groups is 1. The minimum absolute atomic E-state index is 0.0205. The van der Waals surface area contributed by atoms with E-state index in [0.29, 0.717) is 12.3 Å². The van der Waals surface area contributed by atoms with E-state index in [1.54, 1.807) is 7.11 Å². The van der Waals surface area contributed by atoms with E-state index in [-0.39, 0.29) is 11.9 Å². The van der Waals surface area contributed by atoms with Gasteiger partial charge in [-0.3, -0.25) is 4.79 Å². The van der Waals surface area contributed by atoms with Crippen molar-refractivity contribution < 1.29 is 9.53 Å². The Kier molecular flexibility index (Phi) is 4.83. The molecule has 24 heavy (non-hydrogen) atoms. The molecule has 6 heteroatoms. The van der Waals surface area contributed by atoms with Crippen molar-refractivity contribution in [3.8, 4) is 5.75 Å². The van der Waals surface area contributed by atoms with Gasteiger partial charge in [-0.1, -0.05) is 32.0 Å². The summed E-state index contributed by atoms with van der Waals surface area (Å²) in [6.07, 6.45) is 2.07. The zero-order valence-electron chi connectivity index (χ0n) is 14.5. The molecule has 128 valence electrons. The molecule has 0 aliphatic carbocycles. The lowest BCUT2D eigenvalue weighted by molar-refractivity contribution is -0.121. The largest absolute Gasteiger partial charge is 0.496 e. The summed E-state index contributed by atoms with van der Waals surface area (Å²) in [6.45, 7) is 4.97. The Labute approximate surface area is 142 Å². The fraction of sp³-hybridized carbons (Fsp3) is 0.500. The summed E-state index contributed by atoms with van der Waals surface area (Å²) in [6, 6.07) is 7.75. The van der Waals surface area contributed by atoms with Gasteiger partial charge in [-0.15, -0.1) is 10.2 Å². The number of aromatic nitrogens is 3. The number of carbonyl (C=O) groups excluding carboxylic acids is 1. The fourth-order valence-corrected chi connectivity index (χ4v) is 3.19. The van der Waals surface area contributed by atoms with E-state index in [1.807, 2.05) is 24.3 Å². The first-order valence-electron chi connectivity index (χ1n) is 8.41. The number of methoxy groups -OCH3 is 1. The second-order valence-corrected chi connectivity index (χ2v) is 6.53. The molecule has 6 nitrogen and oxygen atoms in total. The van der Waals surface area contributed by atoms with Crippen LogP contribution in [0.25, 0.3) is 0 Å². The maximum absolute atomic E-state index is 12.4. The number of hydrogen-bond acceptors (Lipinski definition) is 4. The van der Waals surface area contributed by atoms with E-state index >= 15 is 0 Å². The van der Waals surface area contributed by atoms with Crippen molar-refractivity contribution >= 4 is 5.91 Å². The van der Waals surface area contributed by atoms with Crippen LogP contribution in [0.3, 0.4) is 0 Å². The fourth-order valence-electron chi connectivity index (χ4n) is 3.19. The van der Waals surface area contributed by atoms with Gasteiger partial charge in [0, 0.05) is 30.5 Å². The van der Waals surface area contributed by atoms with Crippen LogP contribution < -0.4 is 10.1 Å². The topological polar surface area (TPSA) is 69.0 Å². The van der Waals surface area contributed by atoms with Crippen molar-refractivity contribution in [2.75, 3.05) is 7.11 Å². The van der Waals surface area contributed by atoms with Crippen LogP contribution in [0.1, 0.15) is 43.4 Å². The molecule has 1 aliphatic rings. The van der Waals surface area contributed by atoms with Gasteiger partial charge in [0.05, 0.1) is 13.5 Å². The van der Waals surface area contributed by atoms with Gasteiger partial charge in [0.2, 0.25) is 5.91 Å². The minimum Gasteiger partial charge on any atom is -0.496 e. The highest BCUT2D eigenvalue weighted by Crippen LogP contribution is 2.21. The smallest absolute Gasteiger partial charge is 0.224 e. The number of fused-ring (bicyclic) bond motifs is 1. The molecule has 1 atom stereocenters. The maximum atomic E-state index is 12.4. The van der Waals surface area contributed by atoms with Crippen LogP contribution in [0.2, 0.25) is 0 Å². The number of para-hydroxylation sites is 1. The van der Waals surface area contributed by atoms with E-state index in [9.17, 15) is 4.79 Å². The Morgan fingerprint density at radius 1 is 1.38 bits per heavy atom. The molecule has 2 heterocycles. The van der Waals surface area contributed by atoms with E-state index in [2.05, 4.69) is 33.9 Å². The van der Waals surface area contributed by atoms with Gasteiger partial charge in [0.1, 0.15) is 17.4 Å². The van der Waals surface area contributed by atoms with Crippen molar-refractivity contribution in [3.05, 3.63) is 41.5 Å². The van der Waals surface area contributed by atoms with Crippen LogP contribution in [0, 0.1) is 0 Å². The lowest BCUT2D eigenvalue weighted by Gasteiger charge is -2.26. The number of nitrogens with one attached hydrogen (secondary N) is 1. The van der Waals surface area contributed by atoms with Crippen LogP contribution >= 0.6 is 0 Å². The van der Waals surface area contributed by atoms with Gasteiger partial charge in [-0.2, -0.15) is 0 Å². The van der Waals surface area contributed by atoms with Crippen LogP contribution in [-0.4, -0.2) is 33.8 Å². The summed E-state index contributed by atoms with van der Waals surface area (Å²) in [7, 11) is 1.62. The van der Waals surface area contributed by atoms with Crippen molar-refractivity contribution in [2.24, 2.45) is 0 Å². The van der Waals surface area contributed by atoms with Crippen LogP contribution in [0.5, 0.6) is 5.75 Å². The summed E-state index contributed by atoms with van der Waals surface area (Å²) in [4.78, 5) is 12.4. The van der Waals surface area contributed by atoms with Gasteiger partial charge in [-0.25, -0.2) is 0 Å². The number of ether oxygens (including phenoxy) is 1. The van der Waals surface area contributed by atoms with Crippen molar-refractivity contribution in [1.82, 2.24) is 20.1 Å². The Hall–Kier alpha value is -2.37. The molecule has 0 radical (unpaired) electrons. The lowest BCUT2D eigenvalue weighted by atomic mass is 10.0. The zero-order valence-corrected chi connectivity index (χ0v) is 14.5. The Morgan fingerprint density at radius 3 is 2.92 bits per heavy atom. The molecule has 1 aromatic carbocycles. The molecule has 2 aromatic rings. The molecule has 0 unspecified atom stereocenters. The van der Waals surface area contributed by atoms with Gasteiger partial charge >= 0.3 is 0 Å². The number of hydrogen-bond donors (Lipinski definition) is 1. The molecule has 0 saturated heterocycles. The Bertz CT molecular complexity index is 724. The number of aryl methyl sites for hydroxylation is 1. The first-order chi connectivity index (χ1) is 11.6. The average molecular weight is 328 g/mol. The molecule has 0 bridgehead atoms. The van der Waals surface area contributed by atoms with E-state index in [4.69, 9.17) is 4.74 Å². The number of nitrogens with zero attached hydrogens (tertiary/aromatic N) is 3. The monoisotopic (exact) mass is 328 g/mol. The predicted octanol–water partition coefficient (Wildman–Crippen LogP) is 2.08. The van der Waals surface area contributed by atoms with Crippen molar-refractivity contribution in [1.29, 1.82) is 0 Å². The van der Waals surface area contributed by atoms with Crippen LogP contribution in [0.15, 0.2) is 24.3 Å². The van der Waals surface area contributed by atoms with Gasteiger partial charge < -0.3 is 14.6 Å². The zero-order chi connectivity index (χ0) is 17.1. The molecule has 1 amide bonds. The predicted molar refractivity (Wildman–Crippen MR) is 91.1 cm³/mol. The first kappa shape index (κ1) is 16.5. The second-order valence-electron chi connectivity index (χ2n) is 6.53. The van der Waals surface area contributed by atoms with Crippen LogP contribution in [0.4, 0.5) is 0 Å². The highest BCUT2D eigenvalue weighted by molar-refractivity contribution is 5.79. The normalized spacial score (nSPS) is 16.8. The molecule has 1 N–H and O–H groups in total. The third kappa shape index (κ3) is 3.42. The molecule has 1 aromatic heterocycles. The van der Waals surface area contributed by atoms with Gasteiger partial charge in [0.25, 0.3) is 0 Å². The summed E-state index contributed by atoms with van der Waals surface area (Å²) < 4.78 is 7.47. The molecule has 0 saturated carbocycles. The highest BCUT2D eigenvalue weighted by Gasteiger charge is 2.25. The average Bonchev–Trinajstić information content (AvgIpc) is 2.98. The summed E-state index contributed by atoms with van der Waals surface area (Å²) in [5.74, 6) is 3.11. The molecule has 1 aliphatic heterocycles. The Morgan fingerprint density at radius 2 is 2.17 bits per heavy atom. The number of amides is 1. The molecular formula is C18H24N4O2. The third-order valence-electron chi connectivity index (χ3n) is 4.40. The Balaban J connectivity index is 1.64. The van der Waals surface area contributed by atoms with Crippen molar-refractivity contribution in [3.63, 3.8) is 0 Å². The molecular weight excluding hydrogens is 304 g/mol. The third-order valence-corrected chi connectivity index (χ3v) is 4.40. The van der Waals surface area contributed by atoms with E-state index in [0.717, 1.165) is 42.3 Å². The van der Waals surface area contributed by atoms with Crippen molar-refractivity contribution in [2.45, 2.75) is 51.6 Å². The molecule has 0 fully saturated rings. The summed E-state index contributed by atoms with van der Waals surface area (Å²) in [5.41, 5.74) is 0.904. The van der Waals surface area contributed by atoms with E-state index in [1.165, 1.54) is 0 Å². The minimum atomic E-state index is 0.0205. The molecule has 3 rings (SSSR count). The quantitative estimate of drug-likeness (QED) is 0.912. The SMILES string of the molecule is COc1ccccc1CC(=O)N[C@@H]1CCc2nnc(C(C)C)n2C1.